The molecule has 0 radical (unpaired) electrons. The van der Waals surface area contributed by atoms with Crippen LogP contribution in [-0.4, -0.2) is 74.8 Å². The van der Waals surface area contributed by atoms with Crippen LogP contribution in [-0.2, 0) is 14.6 Å². The Hall–Kier alpha value is -3.59. The van der Waals surface area contributed by atoms with Crippen LogP contribution in [0.5, 0.6) is 11.5 Å². The highest BCUT2D eigenvalue weighted by Gasteiger charge is 2.24. The fraction of sp³-hybridized carbons (Fsp3) is 0.489. The number of sulfone groups is 1. The van der Waals surface area contributed by atoms with Gasteiger partial charge in [0.2, 0.25) is 5.91 Å². The number of carbonyl (C=O) groups is 1. The first-order chi connectivity index (χ1) is 25.4. The zero-order chi connectivity index (χ0) is 40.6. The Balaban J connectivity index is 0.000000280. The van der Waals surface area contributed by atoms with Gasteiger partial charge in [0.1, 0.15) is 11.5 Å². The Morgan fingerprint density at radius 2 is 1.39 bits per heavy atom. The molecule has 0 saturated carbocycles. The number of aromatic hydroxyl groups is 1. The average molecular weight is 782 g/mol. The monoisotopic (exact) mass is 780 g/mol. The quantitative estimate of drug-likeness (QED) is 0.184. The molecule has 1 saturated heterocycles. The molecule has 1 heterocycles. The van der Waals surface area contributed by atoms with Crippen molar-refractivity contribution >= 4 is 32.9 Å². The molecule has 1 amide bonds. The van der Waals surface area contributed by atoms with Gasteiger partial charge in [-0.05, 0) is 118 Å². The number of nitrogens with zero attached hydrogens (tertiary/aromatic N) is 2. The Bertz CT molecular complexity index is 1720. The number of allylic oxidation sites excluding steroid dienone is 3. The highest BCUT2D eigenvalue weighted by Crippen LogP contribution is 2.33. The van der Waals surface area contributed by atoms with Crippen LogP contribution in [0, 0.1) is 5.92 Å². The summed E-state index contributed by atoms with van der Waals surface area (Å²) >= 11 is 5.90. The number of halogens is 1. The van der Waals surface area contributed by atoms with Gasteiger partial charge in [-0.2, -0.15) is 0 Å². The minimum Gasteiger partial charge on any atom is -0.508 e. The fourth-order valence-corrected chi connectivity index (χ4v) is 6.85. The molecule has 1 fully saturated rings. The van der Waals surface area contributed by atoms with Gasteiger partial charge in [-0.1, -0.05) is 87.7 Å². The van der Waals surface area contributed by atoms with Crippen LogP contribution in [0.2, 0.25) is 5.02 Å². The maximum Gasteiger partial charge on any atom is 0.225 e. The predicted molar refractivity (Wildman–Crippen MR) is 228 cm³/mol. The highest BCUT2D eigenvalue weighted by atomic mass is 35.5. The Labute approximate surface area is 332 Å². The molecule has 3 unspecified atom stereocenters. The van der Waals surface area contributed by atoms with Crippen LogP contribution in [0.3, 0.4) is 0 Å². The van der Waals surface area contributed by atoms with E-state index in [0.29, 0.717) is 35.8 Å². The van der Waals surface area contributed by atoms with Crippen molar-refractivity contribution in [3.63, 3.8) is 0 Å². The number of ether oxygens (including phenoxy) is 1. The molecule has 0 spiro atoms. The summed E-state index contributed by atoms with van der Waals surface area (Å²) in [5.41, 5.74) is 7.19. The van der Waals surface area contributed by atoms with Gasteiger partial charge in [0.15, 0.2) is 9.84 Å². The second kappa shape index (κ2) is 22.7. The molecule has 3 atom stereocenters. The normalized spacial score (nSPS) is 15.1. The minimum atomic E-state index is -3.20. The summed E-state index contributed by atoms with van der Waals surface area (Å²) in [6, 6.07) is 20.5. The van der Waals surface area contributed by atoms with E-state index in [4.69, 9.17) is 16.3 Å². The van der Waals surface area contributed by atoms with E-state index in [1.807, 2.05) is 69.9 Å². The topological polar surface area (TPSA) is 87.2 Å². The molecular formula is C45H65ClN2O5S. The first-order valence-corrected chi connectivity index (χ1v) is 21.5. The summed E-state index contributed by atoms with van der Waals surface area (Å²) in [5.74, 6) is 2.25. The van der Waals surface area contributed by atoms with E-state index in [1.165, 1.54) is 28.5 Å². The summed E-state index contributed by atoms with van der Waals surface area (Å²) in [6.45, 7) is 26.2. The zero-order valence-electron chi connectivity index (χ0n) is 34.6. The molecule has 1 aliphatic heterocycles. The third-order valence-corrected chi connectivity index (χ3v) is 11.5. The molecule has 9 heteroatoms. The number of rotatable bonds is 12. The van der Waals surface area contributed by atoms with E-state index >= 15 is 0 Å². The van der Waals surface area contributed by atoms with Crippen LogP contribution in [0.1, 0.15) is 111 Å². The maximum atomic E-state index is 12.1. The summed E-state index contributed by atoms with van der Waals surface area (Å²) in [7, 11) is -3.20. The number of carbonyl (C=O) groups excluding carboxylic acids is 1. The standard InChI is InChI=1S/C16H17ClO.C15H28N2O.C14H20O3S/c1-11(13-3-7-15(17)8-4-13)12(2)14-5-9-16(18)10-6-14;1-5-7-13(3)12-16-8-10-17(11-9-16)15(18)14(4)6-2;1-6-17-14-9-12(18(5,15)16)7-8-13(14)11(4)10(2)3/h3-12,18H,1-2H3;7,14H,5-6,8-12H2,1-4H3;7-9H,6H2,1-5H3/b;13-7-;. The van der Waals surface area contributed by atoms with Gasteiger partial charge in [0.25, 0.3) is 0 Å². The van der Waals surface area contributed by atoms with Gasteiger partial charge >= 0.3 is 0 Å². The Kier molecular flexibility index (Phi) is 19.6. The van der Waals surface area contributed by atoms with E-state index in [2.05, 4.69) is 57.7 Å². The van der Waals surface area contributed by atoms with Crippen LogP contribution >= 0.6 is 11.6 Å². The number of phenolic OH excluding ortho intramolecular Hbond substituents is 1. The van der Waals surface area contributed by atoms with E-state index in [9.17, 15) is 18.3 Å². The van der Waals surface area contributed by atoms with Gasteiger partial charge < -0.3 is 14.7 Å². The summed E-state index contributed by atoms with van der Waals surface area (Å²) in [4.78, 5) is 16.8. The third kappa shape index (κ3) is 14.9. The van der Waals surface area contributed by atoms with E-state index in [-0.39, 0.29) is 10.8 Å². The molecule has 54 heavy (non-hydrogen) atoms. The van der Waals surface area contributed by atoms with Crippen molar-refractivity contribution in [2.75, 3.05) is 45.6 Å². The summed E-state index contributed by atoms with van der Waals surface area (Å²) in [6.07, 6.45) is 5.54. The number of phenols is 1. The Morgan fingerprint density at radius 1 is 0.852 bits per heavy atom. The summed E-state index contributed by atoms with van der Waals surface area (Å²) in [5, 5.41) is 10.1. The van der Waals surface area contributed by atoms with Crippen molar-refractivity contribution in [3.8, 4) is 11.5 Å². The van der Waals surface area contributed by atoms with Gasteiger partial charge in [0.05, 0.1) is 11.5 Å². The number of benzene rings is 3. The van der Waals surface area contributed by atoms with Crippen molar-refractivity contribution in [1.82, 2.24) is 9.80 Å². The van der Waals surface area contributed by atoms with Crippen LogP contribution < -0.4 is 4.74 Å². The SMILES string of the molecule is CC(c1ccc(O)cc1)C(C)c1ccc(Cl)cc1.CC/C=C(/C)CN1CCN(C(=O)C(C)CC)CC1.CCOc1cc(S(C)(=O)=O)ccc1C(C)=C(C)C. The number of piperazine rings is 1. The van der Waals surface area contributed by atoms with E-state index in [0.717, 1.165) is 61.7 Å². The second-order valence-corrected chi connectivity index (χ2v) is 17.0. The van der Waals surface area contributed by atoms with Crippen LogP contribution in [0.15, 0.2) is 88.8 Å². The zero-order valence-corrected chi connectivity index (χ0v) is 36.2. The first-order valence-electron chi connectivity index (χ1n) is 19.3. The molecule has 4 rings (SSSR count). The van der Waals surface area contributed by atoms with Crippen molar-refractivity contribution in [1.29, 1.82) is 0 Å². The van der Waals surface area contributed by atoms with Gasteiger partial charge in [0, 0.05) is 55.5 Å². The number of hydrogen-bond acceptors (Lipinski definition) is 6. The molecule has 0 aliphatic carbocycles. The molecule has 1 aliphatic rings. The van der Waals surface area contributed by atoms with Gasteiger partial charge in [-0.3, -0.25) is 9.69 Å². The largest absolute Gasteiger partial charge is 0.508 e. The minimum absolute atomic E-state index is 0.179. The molecule has 7 nitrogen and oxygen atoms in total. The van der Waals surface area contributed by atoms with Gasteiger partial charge in [-0.15, -0.1) is 0 Å². The Morgan fingerprint density at radius 3 is 1.85 bits per heavy atom. The molecular weight excluding hydrogens is 716 g/mol. The highest BCUT2D eigenvalue weighted by molar-refractivity contribution is 7.90. The molecule has 0 bridgehead atoms. The number of hydrogen-bond donors (Lipinski definition) is 1. The first kappa shape index (κ1) is 46.6. The lowest BCUT2D eigenvalue weighted by molar-refractivity contribution is -0.136. The smallest absolute Gasteiger partial charge is 0.225 e. The predicted octanol–water partition coefficient (Wildman–Crippen LogP) is 10.8. The van der Waals surface area contributed by atoms with Gasteiger partial charge in [-0.25, -0.2) is 8.42 Å². The van der Waals surface area contributed by atoms with Crippen LogP contribution in [0.4, 0.5) is 0 Å². The second-order valence-electron chi connectivity index (χ2n) is 14.6. The maximum absolute atomic E-state index is 12.1. The summed E-state index contributed by atoms with van der Waals surface area (Å²) < 4.78 is 28.6. The van der Waals surface area contributed by atoms with E-state index in [1.54, 1.807) is 24.3 Å². The lowest BCUT2D eigenvalue weighted by Gasteiger charge is -2.36. The molecule has 3 aromatic rings. The lowest BCUT2D eigenvalue weighted by Crippen LogP contribution is -2.50. The van der Waals surface area contributed by atoms with Crippen molar-refractivity contribution in [2.45, 2.75) is 98.8 Å². The average Bonchev–Trinajstić information content (AvgIpc) is 3.14. The van der Waals surface area contributed by atoms with Crippen LogP contribution in [0.25, 0.3) is 5.57 Å². The van der Waals surface area contributed by atoms with Crippen molar-refractivity contribution < 1.29 is 23.1 Å². The molecule has 298 valence electrons. The third-order valence-electron chi connectivity index (χ3n) is 10.1. The fourth-order valence-electron chi connectivity index (χ4n) is 6.09. The number of amides is 1. The van der Waals surface area contributed by atoms with E-state index < -0.39 is 9.84 Å². The molecule has 3 aromatic carbocycles. The molecule has 1 N–H and O–H groups in total. The van der Waals surface area contributed by atoms with Crippen molar-refractivity contribution in [2.24, 2.45) is 5.92 Å². The molecule has 0 aromatic heterocycles. The van der Waals surface area contributed by atoms with Crippen molar-refractivity contribution in [3.05, 3.63) is 106 Å². The lowest BCUT2D eigenvalue weighted by atomic mass is 9.84.